The van der Waals surface area contributed by atoms with E-state index in [4.69, 9.17) is 9.84 Å². The lowest BCUT2D eigenvalue weighted by Crippen LogP contribution is -2.17. The third kappa shape index (κ3) is 1.29. The zero-order valence-electron chi connectivity index (χ0n) is 8.31. The van der Waals surface area contributed by atoms with Gasteiger partial charge in [0.2, 0.25) is 0 Å². The Morgan fingerprint density at radius 1 is 1.20 bits per heavy atom. The molecule has 0 aromatic heterocycles. The standard InChI is InChI=1S/C13H12O2/c14-8-11-7-10-6-5-9-3-1-2-4-12(9)13(10)15-11/h1-6,11,14H,7-8H2. The first-order valence-electron chi connectivity index (χ1n) is 5.16. The van der Waals surface area contributed by atoms with Crippen LogP contribution in [0.3, 0.4) is 0 Å². The monoisotopic (exact) mass is 200 g/mol. The van der Waals surface area contributed by atoms with Crippen LogP contribution in [0, 0.1) is 0 Å². The maximum Gasteiger partial charge on any atom is 0.131 e. The number of rotatable bonds is 1. The maximum atomic E-state index is 9.09. The van der Waals surface area contributed by atoms with E-state index in [9.17, 15) is 0 Å². The largest absolute Gasteiger partial charge is 0.487 e. The van der Waals surface area contributed by atoms with E-state index in [1.165, 1.54) is 10.9 Å². The summed E-state index contributed by atoms with van der Waals surface area (Å²) >= 11 is 0. The van der Waals surface area contributed by atoms with Crippen LogP contribution >= 0.6 is 0 Å². The van der Waals surface area contributed by atoms with E-state index in [0.717, 1.165) is 17.6 Å². The first-order chi connectivity index (χ1) is 7.38. The van der Waals surface area contributed by atoms with Gasteiger partial charge in [0.1, 0.15) is 11.9 Å². The molecule has 2 aromatic carbocycles. The fraction of sp³-hybridized carbons (Fsp3) is 0.231. The van der Waals surface area contributed by atoms with Gasteiger partial charge in [0.25, 0.3) is 0 Å². The highest BCUT2D eigenvalue weighted by molar-refractivity contribution is 5.90. The van der Waals surface area contributed by atoms with Gasteiger partial charge in [-0.25, -0.2) is 0 Å². The van der Waals surface area contributed by atoms with E-state index in [1.807, 2.05) is 12.1 Å². The molecule has 1 N–H and O–H groups in total. The van der Waals surface area contributed by atoms with Gasteiger partial charge in [0.15, 0.2) is 0 Å². The van der Waals surface area contributed by atoms with E-state index in [2.05, 4.69) is 24.3 Å². The minimum Gasteiger partial charge on any atom is -0.487 e. The van der Waals surface area contributed by atoms with Gasteiger partial charge in [0, 0.05) is 11.8 Å². The minimum atomic E-state index is -0.0641. The van der Waals surface area contributed by atoms with Crippen molar-refractivity contribution in [3.63, 3.8) is 0 Å². The Morgan fingerprint density at radius 2 is 2.07 bits per heavy atom. The second-order valence-corrected chi connectivity index (χ2v) is 3.90. The van der Waals surface area contributed by atoms with Gasteiger partial charge < -0.3 is 9.84 Å². The van der Waals surface area contributed by atoms with Crippen molar-refractivity contribution in [3.8, 4) is 5.75 Å². The lowest BCUT2D eigenvalue weighted by Gasteiger charge is -2.07. The fourth-order valence-corrected chi connectivity index (χ4v) is 2.14. The predicted molar refractivity (Wildman–Crippen MR) is 59.2 cm³/mol. The van der Waals surface area contributed by atoms with Gasteiger partial charge in [-0.1, -0.05) is 36.4 Å². The van der Waals surface area contributed by atoms with Crippen LogP contribution in [-0.4, -0.2) is 17.8 Å². The van der Waals surface area contributed by atoms with Gasteiger partial charge in [0.05, 0.1) is 6.61 Å². The van der Waals surface area contributed by atoms with Crippen molar-refractivity contribution in [1.29, 1.82) is 0 Å². The average molecular weight is 200 g/mol. The zero-order chi connectivity index (χ0) is 10.3. The third-order valence-corrected chi connectivity index (χ3v) is 2.90. The molecule has 3 rings (SSSR count). The van der Waals surface area contributed by atoms with Crippen molar-refractivity contribution in [1.82, 2.24) is 0 Å². The molecule has 0 fully saturated rings. The predicted octanol–water partition coefficient (Wildman–Crippen LogP) is 2.14. The van der Waals surface area contributed by atoms with Crippen LogP contribution in [0.25, 0.3) is 10.8 Å². The summed E-state index contributed by atoms with van der Waals surface area (Å²) in [4.78, 5) is 0. The number of aliphatic hydroxyl groups excluding tert-OH is 1. The molecule has 15 heavy (non-hydrogen) atoms. The molecule has 0 amide bonds. The number of hydrogen-bond acceptors (Lipinski definition) is 2. The fourth-order valence-electron chi connectivity index (χ4n) is 2.14. The van der Waals surface area contributed by atoms with Crippen LogP contribution in [0.2, 0.25) is 0 Å². The Labute approximate surface area is 88.1 Å². The first kappa shape index (κ1) is 8.74. The second-order valence-electron chi connectivity index (χ2n) is 3.90. The van der Waals surface area contributed by atoms with Crippen LogP contribution in [0.1, 0.15) is 5.56 Å². The molecule has 2 nitrogen and oxygen atoms in total. The van der Waals surface area contributed by atoms with Gasteiger partial charge in [-0.15, -0.1) is 0 Å². The Morgan fingerprint density at radius 3 is 2.93 bits per heavy atom. The summed E-state index contributed by atoms with van der Waals surface area (Å²) in [6.07, 6.45) is 0.752. The second kappa shape index (κ2) is 3.24. The van der Waals surface area contributed by atoms with Crippen molar-refractivity contribution < 1.29 is 9.84 Å². The smallest absolute Gasteiger partial charge is 0.131 e. The van der Waals surface area contributed by atoms with Crippen LogP contribution in [0.15, 0.2) is 36.4 Å². The molecule has 1 aliphatic rings. The molecule has 0 saturated carbocycles. The van der Waals surface area contributed by atoms with Crippen LogP contribution in [-0.2, 0) is 6.42 Å². The maximum absolute atomic E-state index is 9.09. The van der Waals surface area contributed by atoms with Crippen LogP contribution in [0.5, 0.6) is 5.75 Å². The number of hydrogen-bond donors (Lipinski definition) is 1. The normalized spacial score (nSPS) is 18.9. The molecule has 0 radical (unpaired) electrons. The molecule has 1 unspecified atom stereocenters. The number of fused-ring (bicyclic) bond motifs is 3. The molecule has 2 heteroatoms. The van der Waals surface area contributed by atoms with Crippen LogP contribution in [0.4, 0.5) is 0 Å². The summed E-state index contributed by atoms with van der Waals surface area (Å²) in [7, 11) is 0. The Hall–Kier alpha value is -1.54. The van der Waals surface area contributed by atoms with E-state index in [0.29, 0.717) is 0 Å². The summed E-state index contributed by atoms with van der Waals surface area (Å²) < 4.78 is 5.72. The Kier molecular flexibility index (Phi) is 1.89. The van der Waals surface area contributed by atoms with Crippen molar-refractivity contribution >= 4 is 10.8 Å². The van der Waals surface area contributed by atoms with Gasteiger partial charge in [-0.3, -0.25) is 0 Å². The third-order valence-electron chi connectivity index (χ3n) is 2.90. The summed E-state index contributed by atoms with van der Waals surface area (Å²) in [5.74, 6) is 0.951. The van der Waals surface area contributed by atoms with Crippen LogP contribution < -0.4 is 4.74 Å². The van der Waals surface area contributed by atoms with Crippen molar-refractivity contribution in [2.75, 3.05) is 6.61 Å². The average Bonchev–Trinajstić information content (AvgIpc) is 2.72. The number of benzene rings is 2. The first-order valence-corrected chi connectivity index (χ1v) is 5.16. The van der Waals surface area contributed by atoms with E-state index < -0.39 is 0 Å². The molecule has 0 saturated heterocycles. The van der Waals surface area contributed by atoms with Crippen molar-refractivity contribution in [2.24, 2.45) is 0 Å². The van der Waals surface area contributed by atoms with E-state index >= 15 is 0 Å². The summed E-state index contributed by atoms with van der Waals surface area (Å²) in [5, 5.41) is 11.4. The molecule has 0 bridgehead atoms. The van der Waals surface area contributed by atoms with Gasteiger partial charge >= 0.3 is 0 Å². The molecular weight excluding hydrogens is 188 g/mol. The van der Waals surface area contributed by atoms with Crippen molar-refractivity contribution in [2.45, 2.75) is 12.5 Å². The molecule has 1 aliphatic heterocycles. The number of aliphatic hydroxyl groups is 1. The molecular formula is C13H12O2. The van der Waals surface area contributed by atoms with Crippen molar-refractivity contribution in [3.05, 3.63) is 42.0 Å². The summed E-state index contributed by atoms with van der Waals surface area (Å²) in [6, 6.07) is 12.4. The Bertz CT molecular complexity index is 505. The molecule has 0 spiro atoms. The van der Waals surface area contributed by atoms with Gasteiger partial charge in [-0.05, 0) is 10.9 Å². The summed E-state index contributed by atoms with van der Waals surface area (Å²) in [5.41, 5.74) is 1.20. The molecule has 1 heterocycles. The van der Waals surface area contributed by atoms with Gasteiger partial charge in [-0.2, -0.15) is 0 Å². The highest BCUT2D eigenvalue weighted by atomic mass is 16.5. The topological polar surface area (TPSA) is 29.5 Å². The number of ether oxygens (including phenoxy) is 1. The van der Waals surface area contributed by atoms with E-state index in [-0.39, 0.29) is 12.7 Å². The minimum absolute atomic E-state index is 0.0641. The lowest BCUT2D eigenvalue weighted by atomic mass is 10.0. The zero-order valence-corrected chi connectivity index (χ0v) is 8.31. The highest BCUT2D eigenvalue weighted by Crippen LogP contribution is 2.35. The molecule has 0 aliphatic carbocycles. The summed E-state index contributed by atoms with van der Waals surface area (Å²) in [6.45, 7) is 0.0863. The van der Waals surface area contributed by atoms with E-state index in [1.54, 1.807) is 0 Å². The lowest BCUT2D eigenvalue weighted by molar-refractivity contribution is 0.136. The SMILES string of the molecule is OCC1Cc2ccc3ccccc3c2O1. The molecule has 76 valence electrons. The Balaban J connectivity index is 2.20. The molecule has 1 atom stereocenters. The quantitative estimate of drug-likeness (QED) is 0.764. The highest BCUT2D eigenvalue weighted by Gasteiger charge is 2.23. The molecule has 2 aromatic rings.